The zero-order chi connectivity index (χ0) is 15.6. The van der Waals surface area contributed by atoms with Crippen LogP contribution < -0.4 is 10.5 Å². The molecule has 0 bridgehead atoms. The molecule has 0 saturated heterocycles. The van der Waals surface area contributed by atoms with Crippen LogP contribution in [-0.2, 0) is 0 Å². The number of nitro groups is 2. The number of non-ortho nitro benzene ring substituents is 1. The van der Waals surface area contributed by atoms with Crippen LogP contribution in [0.15, 0.2) is 30.3 Å². The van der Waals surface area contributed by atoms with Crippen molar-refractivity contribution in [3.05, 3.63) is 55.6 Å². The third-order valence-electron chi connectivity index (χ3n) is 2.36. The SMILES string of the molecule is Nc1cc([N+](=O)[O-])cc(Oc2cc([N+](=O)[O-])ccc2Cl)n1. The zero-order valence-electron chi connectivity index (χ0n) is 10.2. The predicted molar refractivity (Wildman–Crippen MR) is 73.5 cm³/mol. The van der Waals surface area contributed by atoms with Gasteiger partial charge in [-0.1, -0.05) is 11.6 Å². The Balaban J connectivity index is 2.40. The fraction of sp³-hybridized carbons (Fsp3) is 0. The Bertz CT molecular complexity index is 737. The molecular formula is C11H7ClN4O5. The lowest BCUT2D eigenvalue weighted by molar-refractivity contribution is -0.384. The molecule has 10 heteroatoms. The van der Waals surface area contributed by atoms with Crippen LogP contribution in [-0.4, -0.2) is 14.8 Å². The van der Waals surface area contributed by atoms with Crippen molar-refractivity contribution in [3.63, 3.8) is 0 Å². The number of hydrogen-bond acceptors (Lipinski definition) is 7. The standard InChI is InChI=1S/C11H7ClN4O5/c12-8-2-1-6(15(17)18)3-9(8)21-11-5-7(16(19)20)4-10(13)14-11/h1-5H,(H2,13,14). The van der Waals surface area contributed by atoms with Crippen LogP contribution in [0.25, 0.3) is 0 Å². The summed E-state index contributed by atoms with van der Waals surface area (Å²) in [5, 5.41) is 21.5. The average molecular weight is 311 g/mol. The highest BCUT2D eigenvalue weighted by Crippen LogP contribution is 2.33. The van der Waals surface area contributed by atoms with Gasteiger partial charge < -0.3 is 10.5 Å². The molecule has 0 saturated carbocycles. The van der Waals surface area contributed by atoms with E-state index in [9.17, 15) is 20.2 Å². The first kappa shape index (κ1) is 14.5. The molecule has 2 aromatic rings. The van der Waals surface area contributed by atoms with Gasteiger partial charge in [-0.15, -0.1) is 0 Å². The molecule has 0 aliphatic carbocycles. The van der Waals surface area contributed by atoms with Crippen molar-refractivity contribution in [1.29, 1.82) is 0 Å². The number of nitro benzene ring substituents is 1. The molecule has 2 rings (SSSR count). The maximum atomic E-state index is 10.7. The molecule has 0 spiro atoms. The van der Waals surface area contributed by atoms with Gasteiger partial charge in [-0.25, -0.2) is 0 Å². The Morgan fingerprint density at radius 1 is 1.10 bits per heavy atom. The zero-order valence-corrected chi connectivity index (χ0v) is 11.0. The van der Waals surface area contributed by atoms with E-state index in [1.807, 2.05) is 0 Å². The number of nitrogen functional groups attached to an aromatic ring is 1. The van der Waals surface area contributed by atoms with Crippen LogP contribution in [0.3, 0.4) is 0 Å². The van der Waals surface area contributed by atoms with Crippen LogP contribution in [0.5, 0.6) is 11.6 Å². The molecule has 0 fully saturated rings. The van der Waals surface area contributed by atoms with E-state index in [2.05, 4.69) is 4.98 Å². The van der Waals surface area contributed by atoms with Crippen molar-refractivity contribution >= 4 is 28.8 Å². The lowest BCUT2D eigenvalue weighted by Gasteiger charge is -2.07. The number of halogens is 1. The Morgan fingerprint density at radius 3 is 2.38 bits per heavy atom. The maximum absolute atomic E-state index is 10.7. The monoisotopic (exact) mass is 310 g/mol. The number of pyridine rings is 1. The number of aromatic nitrogens is 1. The minimum atomic E-state index is -0.667. The molecule has 1 heterocycles. The number of ether oxygens (including phenoxy) is 1. The van der Waals surface area contributed by atoms with E-state index in [0.717, 1.165) is 18.2 Å². The average Bonchev–Trinajstić information content (AvgIpc) is 2.40. The van der Waals surface area contributed by atoms with Crippen LogP contribution in [0.1, 0.15) is 0 Å². The smallest absolute Gasteiger partial charge is 0.278 e. The molecule has 9 nitrogen and oxygen atoms in total. The largest absolute Gasteiger partial charge is 0.437 e. The number of rotatable bonds is 4. The highest BCUT2D eigenvalue weighted by atomic mass is 35.5. The van der Waals surface area contributed by atoms with E-state index in [1.165, 1.54) is 12.1 Å². The van der Waals surface area contributed by atoms with E-state index in [4.69, 9.17) is 22.1 Å². The van der Waals surface area contributed by atoms with Gasteiger partial charge in [0.25, 0.3) is 11.4 Å². The molecule has 1 aromatic carbocycles. The molecule has 0 aliphatic heterocycles. The second-order valence-electron chi connectivity index (χ2n) is 3.82. The quantitative estimate of drug-likeness (QED) is 0.677. The van der Waals surface area contributed by atoms with Gasteiger partial charge in [0.2, 0.25) is 5.88 Å². The molecule has 0 atom stereocenters. The molecule has 0 unspecified atom stereocenters. The Morgan fingerprint density at radius 2 is 1.76 bits per heavy atom. The number of nitrogens with zero attached hydrogens (tertiary/aromatic N) is 3. The summed E-state index contributed by atoms with van der Waals surface area (Å²) < 4.78 is 5.24. The number of benzene rings is 1. The Labute approximate surface area is 122 Å². The van der Waals surface area contributed by atoms with Gasteiger partial charge in [-0.3, -0.25) is 20.2 Å². The first-order chi connectivity index (χ1) is 9.86. The normalized spacial score (nSPS) is 10.1. The van der Waals surface area contributed by atoms with Crippen LogP contribution >= 0.6 is 11.6 Å². The molecule has 2 N–H and O–H groups in total. The van der Waals surface area contributed by atoms with E-state index in [-0.39, 0.29) is 33.8 Å². The van der Waals surface area contributed by atoms with Crippen molar-refractivity contribution in [3.8, 4) is 11.6 Å². The topological polar surface area (TPSA) is 134 Å². The first-order valence-corrected chi connectivity index (χ1v) is 5.78. The summed E-state index contributed by atoms with van der Waals surface area (Å²) in [4.78, 5) is 23.9. The lowest BCUT2D eigenvalue weighted by atomic mass is 10.3. The minimum Gasteiger partial charge on any atom is -0.437 e. The van der Waals surface area contributed by atoms with Crippen molar-refractivity contribution < 1.29 is 14.6 Å². The lowest BCUT2D eigenvalue weighted by Crippen LogP contribution is -1.98. The van der Waals surface area contributed by atoms with Gasteiger partial charge in [0, 0.05) is 6.07 Å². The van der Waals surface area contributed by atoms with Crippen molar-refractivity contribution in [2.24, 2.45) is 0 Å². The van der Waals surface area contributed by atoms with E-state index >= 15 is 0 Å². The third-order valence-corrected chi connectivity index (χ3v) is 2.67. The molecule has 21 heavy (non-hydrogen) atoms. The third kappa shape index (κ3) is 3.34. The van der Waals surface area contributed by atoms with E-state index in [0.29, 0.717) is 0 Å². The molecule has 1 aromatic heterocycles. The summed E-state index contributed by atoms with van der Waals surface area (Å²) in [6, 6.07) is 5.65. The minimum absolute atomic E-state index is 0.0572. The fourth-order valence-electron chi connectivity index (χ4n) is 1.47. The fourth-order valence-corrected chi connectivity index (χ4v) is 1.62. The van der Waals surface area contributed by atoms with Gasteiger partial charge in [0.1, 0.15) is 5.82 Å². The number of hydrogen-bond donors (Lipinski definition) is 1. The Hall–Kier alpha value is -2.94. The van der Waals surface area contributed by atoms with Crippen molar-refractivity contribution in [2.75, 3.05) is 5.73 Å². The van der Waals surface area contributed by atoms with Gasteiger partial charge in [0.05, 0.1) is 33.1 Å². The number of nitrogens with two attached hydrogens (primary N) is 1. The highest BCUT2D eigenvalue weighted by Gasteiger charge is 2.15. The van der Waals surface area contributed by atoms with Crippen molar-refractivity contribution in [1.82, 2.24) is 4.98 Å². The van der Waals surface area contributed by atoms with Crippen LogP contribution in [0, 0.1) is 20.2 Å². The molecule has 0 amide bonds. The summed E-state index contributed by atoms with van der Waals surface area (Å²) in [5.74, 6) is -0.372. The molecule has 108 valence electrons. The van der Waals surface area contributed by atoms with Gasteiger partial charge in [0.15, 0.2) is 5.75 Å². The molecule has 0 aliphatic rings. The first-order valence-electron chi connectivity index (χ1n) is 5.40. The summed E-state index contributed by atoms with van der Waals surface area (Å²) in [6.45, 7) is 0. The molecular weight excluding hydrogens is 304 g/mol. The van der Waals surface area contributed by atoms with Gasteiger partial charge in [-0.05, 0) is 6.07 Å². The summed E-state index contributed by atoms with van der Waals surface area (Å²) in [6.07, 6.45) is 0. The summed E-state index contributed by atoms with van der Waals surface area (Å²) in [5.41, 5.74) is 4.87. The number of anilines is 1. The van der Waals surface area contributed by atoms with E-state index < -0.39 is 9.85 Å². The van der Waals surface area contributed by atoms with E-state index in [1.54, 1.807) is 0 Å². The summed E-state index contributed by atoms with van der Waals surface area (Å²) >= 11 is 5.85. The Kier molecular flexibility index (Phi) is 3.85. The van der Waals surface area contributed by atoms with Gasteiger partial charge in [-0.2, -0.15) is 4.98 Å². The predicted octanol–water partition coefficient (Wildman–Crippen LogP) is 2.93. The van der Waals surface area contributed by atoms with Crippen molar-refractivity contribution in [2.45, 2.75) is 0 Å². The maximum Gasteiger partial charge on any atom is 0.278 e. The van der Waals surface area contributed by atoms with Crippen LogP contribution in [0.2, 0.25) is 5.02 Å². The van der Waals surface area contributed by atoms with Gasteiger partial charge >= 0.3 is 0 Å². The highest BCUT2D eigenvalue weighted by molar-refractivity contribution is 6.32. The second kappa shape index (κ2) is 5.59. The second-order valence-corrected chi connectivity index (χ2v) is 4.23. The summed E-state index contributed by atoms with van der Waals surface area (Å²) in [7, 11) is 0. The van der Waals surface area contributed by atoms with Crippen LogP contribution in [0.4, 0.5) is 17.2 Å². The molecule has 0 radical (unpaired) electrons.